The number of halogens is 3. The van der Waals surface area contributed by atoms with Crippen LogP contribution in [0.3, 0.4) is 0 Å². The van der Waals surface area contributed by atoms with Gasteiger partial charge in [-0.25, -0.2) is 13.2 Å². The van der Waals surface area contributed by atoms with Crippen LogP contribution in [0.4, 0.5) is 13.2 Å². The zero-order chi connectivity index (χ0) is 7.49. The van der Waals surface area contributed by atoms with Crippen molar-refractivity contribution in [3.8, 4) is 0 Å². The third kappa shape index (κ3) is 3.38. The van der Waals surface area contributed by atoms with Crippen LogP contribution in [0, 0.1) is 0 Å². The Morgan fingerprint density at radius 2 is 1.89 bits per heavy atom. The maximum Gasteiger partial charge on any atom is 0.275 e. The van der Waals surface area contributed by atoms with Gasteiger partial charge in [0, 0.05) is 6.92 Å². The summed E-state index contributed by atoms with van der Waals surface area (Å²) in [4.78, 5) is 0. The summed E-state index contributed by atoms with van der Waals surface area (Å²) in [5.74, 6) is -3.16. The highest BCUT2D eigenvalue weighted by Crippen LogP contribution is 2.23. The minimum atomic E-state index is -3.16. The van der Waals surface area contributed by atoms with Gasteiger partial charge in [-0.1, -0.05) is 13.3 Å². The summed E-state index contributed by atoms with van der Waals surface area (Å²) in [6.07, 6.45) is -1.56. The molecule has 56 valence electrons. The Hall–Kier alpha value is -0.210. The largest absolute Gasteiger partial charge is 0.275 e. The first kappa shape index (κ1) is 8.79. The maximum absolute atomic E-state index is 12.2. The fourth-order valence-electron chi connectivity index (χ4n) is 0.507. The van der Waals surface area contributed by atoms with Crippen molar-refractivity contribution in [2.24, 2.45) is 0 Å². The van der Waals surface area contributed by atoms with Gasteiger partial charge in [0.05, 0.1) is 0 Å². The van der Waals surface area contributed by atoms with Gasteiger partial charge in [-0.2, -0.15) is 0 Å². The summed E-state index contributed by atoms with van der Waals surface area (Å²) in [7, 11) is 0. The second-order valence-electron chi connectivity index (χ2n) is 2.21. The normalized spacial score (nSPS) is 15.7. The van der Waals surface area contributed by atoms with Gasteiger partial charge in [0.1, 0.15) is 0 Å². The van der Waals surface area contributed by atoms with E-state index in [0.29, 0.717) is 13.3 Å². The summed E-state index contributed by atoms with van der Waals surface area (Å²) in [6.45, 7) is 2.28. The number of alkyl halides is 3. The predicted molar refractivity (Wildman–Crippen MR) is 30.4 cm³/mol. The van der Waals surface area contributed by atoms with Crippen LogP contribution in [0.1, 0.15) is 26.7 Å². The first-order valence-corrected chi connectivity index (χ1v) is 3.00. The Kier molecular flexibility index (Phi) is 3.01. The highest BCUT2D eigenvalue weighted by atomic mass is 19.3. The highest BCUT2D eigenvalue weighted by Gasteiger charge is 2.32. The Morgan fingerprint density at radius 3 is 2.00 bits per heavy atom. The quantitative estimate of drug-likeness (QED) is 0.565. The Balaban J connectivity index is 3.59. The van der Waals surface area contributed by atoms with E-state index in [-0.39, 0.29) is 6.42 Å². The first-order chi connectivity index (χ1) is 3.98. The van der Waals surface area contributed by atoms with E-state index in [0.717, 1.165) is 0 Å². The zero-order valence-corrected chi connectivity index (χ0v) is 5.63. The SMILES string of the molecule is CCCC(F)C(C)(F)F. The Bertz CT molecular complexity index is 74.9. The van der Waals surface area contributed by atoms with E-state index in [1.807, 2.05) is 0 Å². The molecule has 0 radical (unpaired) electrons. The molecule has 0 rings (SSSR count). The third-order valence-corrected chi connectivity index (χ3v) is 1.09. The minimum Gasteiger partial charge on any atom is -0.241 e. The standard InChI is InChI=1S/C6H11F3/c1-3-4-5(7)6(2,8)9/h5H,3-4H2,1-2H3. The molecule has 0 aromatic heterocycles. The molecule has 0 saturated heterocycles. The van der Waals surface area contributed by atoms with Crippen molar-refractivity contribution < 1.29 is 13.2 Å². The molecule has 0 aliphatic rings. The average Bonchev–Trinajstić information content (AvgIpc) is 1.64. The van der Waals surface area contributed by atoms with Crippen molar-refractivity contribution in [3.63, 3.8) is 0 Å². The van der Waals surface area contributed by atoms with Crippen molar-refractivity contribution >= 4 is 0 Å². The van der Waals surface area contributed by atoms with Crippen LogP contribution in [-0.2, 0) is 0 Å². The summed E-state index contributed by atoms with van der Waals surface area (Å²) >= 11 is 0. The molecule has 9 heavy (non-hydrogen) atoms. The summed E-state index contributed by atoms with van der Waals surface area (Å²) in [5, 5.41) is 0. The van der Waals surface area contributed by atoms with Crippen LogP contribution in [0.2, 0.25) is 0 Å². The van der Waals surface area contributed by atoms with Crippen molar-refractivity contribution in [2.75, 3.05) is 0 Å². The maximum atomic E-state index is 12.2. The van der Waals surface area contributed by atoms with E-state index in [4.69, 9.17) is 0 Å². The molecule has 1 atom stereocenters. The smallest absolute Gasteiger partial charge is 0.241 e. The summed E-state index contributed by atoms with van der Waals surface area (Å²) in [6, 6.07) is 0. The Morgan fingerprint density at radius 1 is 1.44 bits per heavy atom. The molecule has 0 spiro atoms. The second-order valence-corrected chi connectivity index (χ2v) is 2.21. The van der Waals surface area contributed by atoms with Crippen molar-refractivity contribution in [3.05, 3.63) is 0 Å². The van der Waals surface area contributed by atoms with Gasteiger partial charge in [0.25, 0.3) is 5.92 Å². The molecule has 0 N–H and O–H groups in total. The number of rotatable bonds is 3. The molecule has 1 unspecified atom stereocenters. The lowest BCUT2D eigenvalue weighted by atomic mass is 10.1. The van der Waals surface area contributed by atoms with Crippen molar-refractivity contribution in [1.29, 1.82) is 0 Å². The van der Waals surface area contributed by atoms with Gasteiger partial charge in [0.2, 0.25) is 0 Å². The molecule has 0 saturated carbocycles. The molecule has 0 amide bonds. The molecule has 0 nitrogen and oxygen atoms in total. The van der Waals surface area contributed by atoms with Crippen molar-refractivity contribution in [1.82, 2.24) is 0 Å². The molecule has 0 bridgehead atoms. The van der Waals surface area contributed by atoms with Crippen LogP contribution < -0.4 is 0 Å². The van der Waals surface area contributed by atoms with E-state index in [1.165, 1.54) is 0 Å². The molecule has 0 aliphatic carbocycles. The minimum absolute atomic E-state index is 0.0521. The van der Waals surface area contributed by atoms with Gasteiger partial charge < -0.3 is 0 Å². The molecule has 0 aromatic rings. The van der Waals surface area contributed by atoms with Crippen LogP contribution >= 0.6 is 0 Å². The van der Waals surface area contributed by atoms with Gasteiger partial charge >= 0.3 is 0 Å². The first-order valence-electron chi connectivity index (χ1n) is 3.00. The third-order valence-electron chi connectivity index (χ3n) is 1.09. The highest BCUT2D eigenvalue weighted by molar-refractivity contribution is 4.69. The summed E-state index contributed by atoms with van der Waals surface area (Å²) in [5.41, 5.74) is 0. The lowest BCUT2D eigenvalue weighted by Gasteiger charge is -2.13. The molecule has 0 fully saturated rings. The number of hydrogen-bond acceptors (Lipinski definition) is 0. The van der Waals surface area contributed by atoms with Crippen LogP contribution in [0.5, 0.6) is 0 Å². The van der Waals surface area contributed by atoms with Crippen LogP contribution in [0.15, 0.2) is 0 Å². The van der Waals surface area contributed by atoms with E-state index in [1.54, 1.807) is 6.92 Å². The van der Waals surface area contributed by atoms with Crippen LogP contribution in [0.25, 0.3) is 0 Å². The molecule has 0 aromatic carbocycles. The van der Waals surface area contributed by atoms with E-state index < -0.39 is 12.1 Å². The fourth-order valence-corrected chi connectivity index (χ4v) is 0.507. The van der Waals surface area contributed by atoms with E-state index in [9.17, 15) is 13.2 Å². The monoisotopic (exact) mass is 140 g/mol. The lowest BCUT2D eigenvalue weighted by Crippen LogP contribution is -2.25. The van der Waals surface area contributed by atoms with Crippen molar-refractivity contribution in [2.45, 2.75) is 38.8 Å². The molecule has 3 heteroatoms. The van der Waals surface area contributed by atoms with Gasteiger partial charge in [-0.05, 0) is 6.42 Å². The summed E-state index contributed by atoms with van der Waals surface area (Å²) < 4.78 is 36.0. The second kappa shape index (κ2) is 3.08. The predicted octanol–water partition coefficient (Wildman–Crippen LogP) is 2.78. The average molecular weight is 140 g/mol. The van der Waals surface area contributed by atoms with Gasteiger partial charge in [-0.3, -0.25) is 0 Å². The van der Waals surface area contributed by atoms with Gasteiger partial charge in [0.15, 0.2) is 6.17 Å². The molecular weight excluding hydrogens is 129 g/mol. The fraction of sp³-hybridized carbons (Fsp3) is 1.00. The van der Waals surface area contributed by atoms with Gasteiger partial charge in [-0.15, -0.1) is 0 Å². The molecule has 0 aliphatic heterocycles. The molecule has 0 heterocycles. The Labute approximate surface area is 53.1 Å². The zero-order valence-electron chi connectivity index (χ0n) is 5.63. The number of hydrogen-bond donors (Lipinski definition) is 0. The van der Waals surface area contributed by atoms with Crippen LogP contribution in [-0.4, -0.2) is 12.1 Å². The lowest BCUT2D eigenvalue weighted by molar-refractivity contribution is -0.0579. The van der Waals surface area contributed by atoms with E-state index >= 15 is 0 Å². The topological polar surface area (TPSA) is 0 Å². The van der Waals surface area contributed by atoms with E-state index in [2.05, 4.69) is 0 Å². The molecular formula is C6H11F3.